The second-order valence-corrected chi connectivity index (χ2v) is 16.8. The van der Waals surface area contributed by atoms with Gasteiger partial charge in [-0.2, -0.15) is 5.26 Å². The summed E-state index contributed by atoms with van der Waals surface area (Å²) in [4.78, 5) is 41.3. The molecule has 0 radical (unpaired) electrons. The van der Waals surface area contributed by atoms with Gasteiger partial charge in [0.15, 0.2) is 5.69 Å². The molecule has 310 valence electrons. The number of hydrogen-bond donors (Lipinski definition) is 0. The quantitative estimate of drug-likeness (QED) is 0.149. The molecule has 9 aromatic carbocycles. The first kappa shape index (κ1) is 38.6. The van der Waals surface area contributed by atoms with Crippen LogP contribution in [-0.4, -0.2) is 24.9 Å². The summed E-state index contributed by atoms with van der Waals surface area (Å²) in [6.45, 7) is 8.11. The van der Waals surface area contributed by atoms with Crippen LogP contribution >= 0.6 is 0 Å². The van der Waals surface area contributed by atoms with Crippen molar-refractivity contribution >= 4 is 92.8 Å². The SMILES string of the molecule is [C-]#[N+]c1cc(C#N)cc(-c2c3nc(nc4[n-]c(nc5nc(nc6[n-]c2c2cc7ccccc7cc62)-c2cc6ccccc6cc2-5)c2cc5ccccc5cc42)-c2cc4ccccc4cc2-3)c1.[Pt+2]. The van der Waals surface area contributed by atoms with Gasteiger partial charge in [-0.15, -0.1) is 0 Å². The molecule has 0 unspecified atom stereocenters. The van der Waals surface area contributed by atoms with Crippen LogP contribution in [0, 0.1) is 17.9 Å². The Balaban J connectivity index is 0.00000446. The largest absolute Gasteiger partial charge is 2.00 e. The van der Waals surface area contributed by atoms with Crippen molar-refractivity contribution in [3.8, 4) is 62.6 Å². The number of hydrogen-bond acceptors (Lipinski definition) is 6. The molecule has 67 heavy (non-hydrogen) atoms. The fraction of sp³-hybridized carbons (Fsp3) is 0. The summed E-state index contributed by atoms with van der Waals surface area (Å²) in [5.41, 5.74) is 7.86. The predicted molar refractivity (Wildman–Crippen MR) is 263 cm³/mol. The maximum atomic E-state index is 10.4. The molecule has 14 rings (SSSR count). The average molecular weight is 1030 g/mol. The van der Waals surface area contributed by atoms with Gasteiger partial charge in [0.1, 0.15) is 0 Å². The van der Waals surface area contributed by atoms with E-state index in [1.165, 1.54) is 0 Å². The topological polar surface area (TPSA) is 121 Å². The summed E-state index contributed by atoms with van der Waals surface area (Å²) in [6.07, 6.45) is 0. The monoisotopic (exact) mass is 1030 g/mol. The van der Waals surface area contributed by atoms with E-state index in [9.17, 15) is 5.26 Å². The molecule has 0 spiro atoms. The Morgan fingerprint density at radius 2 is 0.836 bits per heavy atom. The summed E-state index contributed by atoms with van der Waals surface area (Å²) >= 11 is 0. The van der Waals surface area contributed by atoms with E-state index < -0.39 is 0 Å². The molecule has 0 N–H and O–H groups in total. The Hall–Kier alpha value is -8.88. The number of nitrogens with zero attached hydrogens (tertiary/aromatic N) is 9. The van der Waals surface area contributed by atoms with Crippen molar-refractivity contribution in [2.45, 2.75) is 0 Å². The Bertz CT molecular complexity index is 4430. The van der Waals surface area contributed by atoms with E-state index >= 15 is 0 Å². The van der Waals surface area contributed by atoms with Crippen LogP contribution in [0.1, 0.15) is 5.56 Å². The molecule has 0 saturated heterocycles. The minimum absolute atomic E-state index is 0. The zero-order chi connectivity index (χ0) is 43.6. The van der Waals surface area contributed by atoms with Gasteiger partial charge in [-0.1, -0.05) is 97.1 Å². The molecule has 2 aliphatic rings. The molecule has 0 saturated carbocycles. The van der Waals surface area contributed by atoms with E-state index in [-0.39, 0.29) is 21.1 Å². The standard InChI is InChI=1S/C57H27N9.Pt/c1-59-40-19-30(29-58)18-39(20-40)49-50-41-21-31-10-2-4-12-33(31)23-43(41)52(60-50)62-54-45-25-35-14-6-8-16-37(35)27-47(45)56(64-54)66-57-48-28-38-17-9-7-15-36(38)26-46(48)55(65-57)63-53-44-24-34-13-5-3-11-32(34)22-42(44)51(49)61-53;/h2-28H;/q-2;+2. The van der Waals surface area contributed by atoms with Crippen molar-refractivity contribution in [1.82, 2.24) is 34.9 Å². The van der Waals surface area contributed by atoms with Crippen molar-refractivity contribution in [3.63, 3.8) is 0 Å². The zero-order valence-corrected chi connectivity index (χ0v) is 37.2. The molecular formula is C57H27N9Pt. The van der Waals surface area contributed by atoms with Gasteiger partial charge >= 0.3 is 21.1 Å². The van der Waals surface area contributed by atoms with E-state index in [4.69, 9.17) is 41.5 Å². The second-order valence-electron chi connectivity index (χ2n) is 16.8. The van der Waals surface area contributed by atoms with Crippen molar-refractivity contribution in [3.05, 3.63) is 181 Å². The van der Waals surface area contributed by atoms with E-state index in [0.29, 0.717) is 68.0 Å². The van der Waals surface area contributed by atoms with Crippen LogP contribution in [0.15, 0.2) is 164 Å². The molecule has 2 aliphatic heterocycles. The number of benzene rings is 9. The molecule has 8 bridgehead atoms. The number of fused-ring (bicyclic) bond motifs is 24. The van der Waals surface area contributed by atoms with Crippen LogP contribution in [0.3, 0.4) is 0 Å². The molecule has 3 aromatic heterocycles. The van der Waals surface area contributed by atoms with Crippen LogP contribution in [0.2, 0.25) is 0 Å². The third-order valence-electron chi connectivity index (χ3n) is 12.9. The molecule has 5 heterocycles. The molecular weight excluding hydrogens is 1010 g/mol. The van der Waals surface area contributed by atoms with Gasteiger partial charge in [0.2, 0.25) is 0 Å². The van der Waals surface area contributed by atoms with Gasteiger partial charge in [-0.05, 0) is 148 Å². The predicted octanol–water partition coefficient (Wildman–Crippen LogP) is 13.4. The van der Waals surface area contributed by atoms with Crippen molar-refractivity contribution in [1.29, 1.82) is 5.26 Å². The summed E-state index contributed by atoms with van der Waals surface area (Å²) in [6, 6.07) is 57.5. The zero-order valence-electron chi connectivity index (χ0n) is 34.9. The average Bonchev–Trinajstić information content (AvgIpc) is 4.08. The van der Waals surface area contributed by atoms with Gasteiger partial charge in [0.25, 0.3) is 0 Å². The van der Waals surface area contributed by atoms with Gasteiger partial charge in [0.05, 0.1) is 35.8 Å². The Morgan fingerprint density at radius 3 is 1.31 bits per heavy atom. The first-order valence-electron chi connectivity index (χ1n) is 21.5. The summed E-state index contributed by atoms with van der Waals surface area (Å²) in [7, 11) is 0. The minimum atomic E-state index is 0. The van der Waals surface area contributed by atoms with Crippen LogP contribution in [0.25, 0.3) is 148 Å². The van der Waals surface area contributed by atoms with E-state index in [0.717, 1.165) is 86.9 Å². The van der Waals surface area contributed by atoms with E-state index in [2.05, 4.69) is 108 Å². The number of rotatable bonds is 1. The van der Waals surface area contributed by atoms with Gasteiger partial charge in [-0.25, -0.2) is 14.8 Å². The smallest absolute Gasteiger partial charge is 0.435 e. The molecule has 12 aromatic rings. The first-order valence-corrected chi connectivity index (χ1v) is 21.5. The van der Waals surface area contributed by atoms with Crippen LogP contribution in [0.4, 0.5) is 5.69 Å². The van der Waals surface area contributed by atoms with Gasteiger partial charge in [-0.3, -0.25) is 0 Å². The Morgan fingerprint density at radius 1 is 0.433 bits per heavy atom. The van der Waals surface area contributed by atoms with E-state index in [1.807, 2.05) is 60.7 Å². The Kier molecular flexibility index (Phi) is 8.39. The normalized spacial score (nSPS) is 11.7. The first-order chi connectivity index (χ1) is 32.5. The number of aromatic nitrogens is 7. The molecule has 0 amide bonds. The third-order valence-corrected chi connectivity index (χ3v) is 12.9. The van der Waals surface area contributed by atoms with Crippen molar-refractivity contribution in [2.75, 3.05) is 0 Å². The maximum Gasteiger partial charge on any atom is 2.00 e. The molecule has 0 atom stereocenters. The third kappa shape index (κ3) is 5.93. The molecule has 0 aliphatic carbocycles. The maximum absolute atomic E-state index is 10.4. The molecule has 0 fully saturated rings. The van der Waals surface area contributed by atoms with Gasteiger partial charge in [0, 0.05) is 44.7 Å². The Labute approximate surface area is 395 Å². The summed E-state index contributed by atoms with van der Waals surface area (Å²) < 4.78 is 0. The van der Waals surface area contributed by atoms with Crippen LogP contribution in [0.5, 0.6) is 0 Å². The van der Waals surface area contributed by atoms with Crippen molar-refractivity contribution in [2.24, 2.45) is 0 Å². The van der Waals surface area contributed by atoms with E-state index in [1.54, 1.807) is 6.07 Å². The number of nitriles is 1. The summed E-state index contributed by atoms with van der Waals surface area (Å²) in [5, 5.41) is 22.0. The molecule has 10 heteroatoms. The fourth-order valence-electron chi connectivity index (χ4n) is 9.82. The fourth-order valence-corrected chi connectivity index (χ4v) is 9.82. The van der Waals surface area contributed by atoms with Crippen LogP contribution in [-0.2, 0) is 21.1 Å². The molecule has 9 nitrogen and oxygen atoms in total. The van der Waals surface area contributed by atoms with Gasteiger partial charge < -0.3 is 24.9 Å². The second kappa shape index (κ2) is 14.6. The van der Waals surface area contributed by atoms with Crippen molar-refractivity contribution < 1.29 is 21.1 Å². The minimum Gasteiger partial charge on any atom is -0.435 e. The summed E-state index contributed by atoms with van der Waals surface area (Å²) in [5.74, 6) is 1.43. The van der Waals surface area contributed by atoms with Crippen LogP contribution < -0.4 is 9.97 Å².